The monoisotopic (exact) mass is 172 g/mol. The Morgan fingerprint density at radius 2 is 2.27 bits per heavy atom. The van der Waals surface area contributed by atoms with Crippen molar-refractivity contribution < 1.29 is 0 Å². The van der Waals surface area contributed by atoms with Crippen LogP contribution < -0.4 is 5.32 Å². The predicted octanol–water partition coefficient (Wildman–Crippen LogP) is 0.394. The Labute approximate surface area is 72.7 Å². The molecule has 0 saturated carbocycles. The van der Waals surface area contributed by atoms with Gasteiger partial charge in [0.05, 0.1) is 0 Å². The molecule has 3 heteroatoms. The van der Waals surface area contributed by atoms with E-state index in [9.17, 15) is 0 Å². The van der Waals surface area contributed by atoms with E-state index >= 15 is 0 Å². The Morgan fingerprint density at radius 3 is 3.09 bits per heavy atom. The fraction of sp³-hybridized carbons (Fsp3) is 1.00. The van der Waals surface area contributed by atoms with E-state index in [4.69, 9.17) is 0 Å². The minimum atomic E-state index is 0.802. The zero-order chi connectivity index (χ0) is 7.84. The largest absolute Gasteiger partial charge is 0.314 e. The van der Waals surface area contributed by atoms with Crippen molar-refractivity contribution in [2.24, 2.45) is 0 Å². The molecular weight excluding hydrogens is 156 g/mol. The Balaban J connectivity index is 2.04. The minimum Gasteiger partial charge on any atom is -0.314 e. The molecule has 1 N–H and O–H groups in total. The first-order valence-corrected chi connectivity index (χ1v) is 5.28. The lowest BCUT2D eigenvalue weighted by Gasteiger charge is -2.37. The summed E-state index contributed by atoms with van der Waals surface area (Å²) in [5.41, 5.74) is 0. The first kappa shape index (κ1) is 7.90. The SMILES string of the molecule is CC1CN(C)C2CNCC2S1. The third kappa shape index (κ3) is 1.42. The van der Waals surface area contributed by atoms with Gasteiger partial charge in [0, 0.05) is 36.2 Å². The second-order valence-corrected chi connectivity index (χ2v) is 5.33. The zero-order valence-corrected chi connectivity index (χ0v) is 8.03. The van der Waals surface area contributed by atoms with Gasteiger partial charge in [-0.05, 0) is 7.05 Å². The molecular formula is C8H16N2S. The van der Waals surface area contributed by atoms with E-state index in [1.165, 1.54) is 19.6 Å². The first-order chi connectivity index (χ1) is 5.27. The van der Waals surface area contributed by atoms with E-state index in [1.807, 2.05) is 0 Å². The van der Waals surface area contributed by atoms with Gasteiger partial charge in [-0.3, -0.25) is 4.90 Å². The first-order valence-electron chi connectivity index (χ1n) is 4.34. The second-order valence-electron chi connectivity index (χ2n) is 3.65. The number of hydrogen-bond acceptors (Lipinski definition) is 3. The fourth-order valence-corrected chi connectivity index (χ4v) is 3.72. The molecule has 0 spiro atoms. The van der Waals surface area contributed by atoms with Gasteiger partial charge >= 0.3 is 0 Å². The highest BCUT2D eigenvalue weighted by atomic mass is 32.2. The quantitative estimate of drug-likeness (QED) is 0.569. The summed E-state index contributed by atoms with van der Waals surface area (Å²) in [6.45, 7) is 5.99. The maximum atomic E-state index is 3.45. The second kappa shape index (κ2) is 2.96. The van der Waals surface area contributed by atoms with Crippen LogP contribution in [0.2, 0.25) is 0 Å². The molecule has 2 saturated heterocycles. The fourth-order valence-electron chi connectivity index (χ4n) is 2.10. The molecule has 2 nitrogen and oxygen atoms in total. The molecule has 64 valence electrons. The third-order valence-corrected chi connectivity index (χ3v) is 4.09. The molecule has 0 aromatic rings. The summed E-state index contributed by atoms with van der Waals surface area (Å²) >= 11 is 2.16. The number of likely N-dealkylation sites (N-methyl/N-ethyl adjacent to an activating group) is 1. The predicted molar refractivity (Wildman–Crippen MR) is 50.1 cm³/mol. The number of nitrogens with one attached hydrogen (secondary N) is 1. The molecule has 2 rings (SSSR count). The molecule has 0 aromatic carbocycles. The van der Waals surface area contributed by atoms with E-state index in [0.29, 0.717) is 0 Å². The average molecular weight is 172 g/mol. The van der Waals surface area contributed by atoms with Gasteiger partial charge in [-0.15, -0.1) is 0 Å². The third-order valence-electron chi connectivity index (χ3n) is 2.65. The number of fused-ring (bicyclic) bond motifs is 1. The molecule has 2 aliphatic heterocycles. The van der Waals surface area contributed by atoms with Crippen molar-refractivity contribution in [2.45, 2.75) is 23.5 Å². The molecule has 0 radical (unpaired) electrons. The number of hydrogen-bond donors (Lipinski definition) is 1. The van der Waals surface area contributed by atoms with Crippen molar-refractivity contribution in [2.75, 3.05) is 26.7 Å². The number of thioether (sulfide) groups is 1. The van der Waals surface area contributed by atoms with E-state index in [2.05, 4.69) is 35.9 Å². The van der Waals surface area contributed by atoms with Crippen molar-refractivity contribution in [1.29, 1.82) is 0 Å². The van der Waals surface area contributed by atoms with Crippen molar-refractivity contribution in [3.05, 3.63) is 0 Å². The van der Waals surface area contributed by atoms with Crippen LogP contribution in [0.1, 0.15) is 6.92 Å². The molecule has 0 aromatic heterocycles. The van der Waals surface area contributed by atoms with Gasteiger partial charge in [0.15, 0.2) is 0 Å². The van der Waals surface area contributed by atoms with E-state index in [-0.39, 0.29) is 0 Å². The van der Waals surface area contributed by atoms with Crippen LogP contribution >= 0.6 is 11.8 Å². The normalized spacial score (nSPS) is 45.8. The molecule has 2 fully saturated rings. The van der Waals surface area contributed by atoms with Crippen LogP contribution in [0.5, 0.6) is 0 Å². The zero-order valence-electron chi connectivity index (χ0n) is 7.21. The van der Waals surface area contributed by atoms with Crippen molar-refractivity contribution in [3.8, 4) is 0 Å². The minimum absolute atomic E-state index is 0.802. The Morgan fingerprint density at radius 1 is 1.45 bits per heavy atom. The number of rotatable bonds is 0. The summed E-state index contributed by atoms with van der Waals surface area (Å²) in [6.07, 6.45) is 0. The van der Waals surface area contributed by atoms with Crippen LogP contribution in [0.4, 0.5) is 0 Å². The summed E-state index contributed by atoms with van der Waals surface area (Å²) in [5, 5.41) is 5.12. The topological polar surface area (TPSA) is 15.3 Å². The lowest BCUT2D eigenvalue weighted by molar-refractivity contribution is 0.254. The van der Waals surface area contributed by atoms with Crippen LogP contribution in [-0.2, 0) is 0 Å². The molecule has 0 aliphatic carbocycles. The molecule has 0 amide bonds. The van der Waals surface area contributed by atoms with Crippen LogP contribution in [0.3, 0.4) is 0 Å². The summed E-state index contributed by atoms with van der Waals surface area (Å²) in [5.74, 6) is 0. The summed E-state index contributed by atoms with van der Waals surface area (Å²) in [6, 6.07) is 0.802. The highest BCUT2D eigenvalue weighted by Crippen LogP contribution is 2.30. The summed E-state index contributed by atoms with van der Waals surface area (Å²) < 4.78 is 0. The van der Waals surface area contributed by atoms with Crippen LogP contribution in [0, 0.1) is 0 Å². The Bertz CT molecular complexity index is 151. The van der Waals surface area contributed by atoms with Crippen molar-refractivity contribution >= 4 is 11.8 Å². The molecule has 0 bridgehead atoms. The maximum absolute atomic E-state index is 3.45. The van der Waals surface area contributed by atoms with Crippen LogP contribution in [0.15, 0.2) is 0 Å². The van der Waals surface area contributed by atoms with Crippen LogP contribution in [-0.4, -0.2) is 48.1 Å². The highest BCUT2D eigenvalue weighted by molar-refractivity contribution is 8.00. The summed E-state index contributed by atoms with van der Waals surface area (Å²) in [7, 11) is 2.25. The highest BCUT2D eigenvalue weighted by Gasteiger charge is 2.36. The molecule has 11 heavy (non-hydrogen) atoms. The smallest absolute Gasteiger partial charge is 0.0349 e. The molecule has 3 atom stereocenters. The van der Waals surface area contributed by atoms with Gasteiger partial charge in [-0.1, -0.05) is 6.92 Å². The maximum Gasteiger partial charge on any atom is 0.0349 e. The lowest BCUT2D eigenvalue weighted by Crippen LogP contribution is -2.47. The Hall–Kier alpha value is 0.270. The van der Waals surface area contributed by atoms with Crippen molar-refractivity contribution in [1.82, 2.24) is 10.2 Å². The van der Waals surface area contributed by atoms with Gasteiger partial charge in [0.2, 0.25) is 0 Å². The van der Waals surface area contributed by atoms with Gasteiger partial charge < -0.3 is 5.32 Å². The van der Waals surface area contributed by atoms with Gasteiger partial charge in [-0.25, -0.2) is 0 Å². The van der Waals surface area contributed by atoms with E-state index in [0.717, 1.165) is 16.5 Å². The number of nitrogens with zero attached hydrogens (tertiary/aromatic N) is 1. The van der Waals surface area contributed by atoms with Gasteiger partial charge in [0.25, 0.3) is 0 Å². The summed E-state index contributed by atoms with van der Waals surface area (Å²) in [4.78, 5) is 2.51. The van der Waals surface area contributed by atoms with E-state index < -0.39 is 0 Å². The molecule has 3 unspecified atom stereocenters. The van der Waals surface area contributed by atoms with Gasteiger partial charge in [0.1, 0.15) is 0 Å². The molecule has 2 aliphatic rings. The average Bonchev–Trinajstić information content (AvgIpc) is 2.34. The van der Waals surface area contributed by atoms with Crippen molar-refractivity contribution in [3.63, 3.8) is 0 Å². The molecule has 2 heterocycles. The lowest BCUT2D eigenvalue weighted by atomic mass is 10.2. The standard InChI is InChI=1S/C8H16N2S/c1-6-5-10(2)7-3-9-4-8(7)11-6/h6-9H,3-5H2,1-2H3. The van der Waals surface area contributed by atoms with Crippen LogP contribution in [0.25, 0.3) is 0 Å². The Kier molecular flexibility index (Phi) is 2.12. The van der Waals surface area contributed by atoms with Gasteiger partial charge in [-0.2, -0.15) is 11.8 Å². The van der Waals surface area contributed by atoms with E-state index in [1.54, 1.807) is 0 Å².